The van der Waals surface area contributed by atoms with Gasteiger partial charge in [-0.05, 0) is 49.9 Å². The van der Waals surface area contributed by atoms with E-state index in [0.717, 1.165) is 12.8 Å². The van der Waals surface area contributed by atoms with Gasteiger partial charge >= 0.3 is 0 Å². The summed E-state index contributed by atoms with van der Waals surface area (Å²) in [5.74, 6) is -0.168. The molecule has 0 spiro atoms. The molecule has 2 unspecified atom stereocenters. The van der Waals surface area contributed by atoms with Crippen molar-refractivity contribution in [3.05, 3.63) is 54.0 Å². The summed E-state index contributed by atoms with van der Waals surface area (Å²) in [6.45, 7) is 0. The van der Waals surface area contributed by atoms with Gasteiger partial charge in [0.15, 0.2) is 5.76 Å². The first-order valence-electron chi connectivity index (χ1n) is 9.09. The molecule has 2 saturated heterocycles. The van der Waals surface area contributed by atoms with E-state index in [1.807, 2.05) is 12.1 Å². The van der Waals surface area contributed by atoms with Crippen molar-refractivity contribution >= 4 is 17.5 Å². The van der Waals surface area contributed by atoms with Gasteiger partial charge in [-0.25, -0.2) is 0 Å². The summed E-state index contributed by atoms with van der Waals surface area (Å²) in [5, 5.41) is 6.74. The van der Waals surface area contributed by atoms with Gasteiger partial charge in [-0.2, -0.15) is 0 Å². The maximum atomic E-state index is 12.9. The molecule has 2 N–H and O–H groups in total. The van der Waals surface area contributed by atoms with Crippen LogP contribution in [0.25, 0.3) is 0 Å². The highest BCUT2D eigenvalue weighted by Gasteiger charge is 2.34. The maximum absolute atomic E-state index is 12.9. The van der Waals surface area contributed by atoms with E-state index in [1.54, 1.807) is 31.3 Å². The second kappa shape index (κ2) is 6.96. The molecule has 2 atom stereocenters. The second-order valence-electron chi connectivity index (χ2n) is 7.14. The van der Waals surface area contributed by atoms with Crippen LogP contribution in [-0.2, 0) is 0 Å². The number of anilines is 1. The van der Waals surface area contributed by atoms with E-state index >= 15 is 0 Å². The molecule has 6 heteroatoms. The summed E-state index contributed by atoms with van der Waals surface area (Å²) in [4.78, 5) is 26.9. The number of hydrogen-bond acceptors (Lipinski definition) is 4. The highest BCUT2D eigenvalue weighted by molar-refractivity contribution is 6.09. The summed E-state index contributed by atoms with van der Waals surface area (Å²) < 4.78 is 5.19. The Morgan fingerprint density at radius 3 is 2.54 bits per heavy atom. The number of rotatable bonds is 4. The molecule has 4 rings (SSSR count). The molecule has 2 aliphatic heterocycles. The predicted octanol–water partition coefficient (Wildman–Crippen LogP) is 2.57. The van der Waals surface area contributed by atoms with Gasteiger partial charge in [0.1, 0.15) is 0 Å². The summed E-state index contributed by atoms with van der Waals surface area (Å²) >= 11 is 0. The van der Waals surface area contributed by atoms with Crippen LogP contribution in [0.1, 0.15) is 46.6 Å². The number of carbonyl (C=O) groups is 2. The number of hydrogen-bond donors (Lipinski definition) is 2. The molecular formula is C20H23N3O3. The van der Waals surface area contributed by atoms with E-state index in [2.05, 4.69) is 10.6 Å². The molecule has 6 nitrogen and oxygen atoms in total. The van der Waals surface area contributed by atoms with Crippen LogP contribution < -0.4 is 15.5 Å². The number of fused-ring (bicyclic) bond motifs is 2. The van der Waals surface area contributed by atoms with Crippen LogP contribution in [0.2, 0.25) is 0 Å². The Hall–Kier alpha value is -2.60. The maximum Gasteiger partial charge on any atom is 0.293 e. The number of nitrogens with one attached hydrogen (secondary N) is 2. The minimum absolute atomic E-state index is 0.133. The molecule has 1 aromatic heterocycles. The zero-order chi connectivity index (χ0) is 18.1. The first kappa shape index (κ1) is 16.8. The first-order valence-corrected chi connectivity index (χ1v) is 9.09. The van der Waals surface area contributed by atoms with Gasteiger partial charge in [-0.15, -0.1) is 0 Å². The zero-order valence-corrected chi connectivity index (χ0v) is 14.8. The van der Waals surface area contributed by atoms with E-state index in [0.29, 0.717) is 23.3 Å². The lowest BCUT2D eigenvalue weighted by atomic mass is 9.99. The average Bonchev–Trinajstić information content (AvgIpc) is 3.30. The Bertz CT molecular complexity index is 790. The lowest BCUT2D eigenvalue weighted by Gasteiger charge is -2.30. The molecule has 26 heavy (non-hydrogen) atoms. The molecule has 0 aliphatic carbocycles. The molecule has 2 amide bonds. The lowest BCUT2D eigenvalue weighted by molar-refractivity contribution is 0.0924. The van der Waals surface area contributed by atoms with Gasteiger partial charge in [0.05, 0.1) is 17.5 Å². The predicted molar refractivity (Wildman–Crippen MR) is 98.3 cm³/mol. The molecule has 0 radical (unpaired) electrons. The molecule has 136 valence electrons. The van der Waals surface area contributed by atoms with E-state index in [4.69, 9.17) is 4.42 Å². The fraction of sp³-hybridized carbons (Fsp3) is 0.400. The largest absolute Gasteiger partial charge is 0.459 e. The summed E-state index contributed by atoms with van der Waals surface area (Å²) in [6.07, 6.45) is 5.77. The summed E-state index contributed by atoms with van der Waals surface area (Å²) in [7, 11) is 1.65. The van der Waals surface area contributed by atoms with Gasteiger partial charge in [0.25, 0.3) is 11.8 Å². The Balaban J connectivity index is 1.51. The third-order valence-corrected chi connectivity index (χ3v) is 5.35. The quantitative estimate of drug-likeness (QED) is 0.886. The van der Waals surface area contributed by atoms with Crippen molar-refractivity contribution in [2.75, 3.05) is 11.9 Å². The Labute approximate surface area is 152 Å². The average molecular weight is 353 g/mol. The molecule has 1 aromatic carbocycles. The number of piperidine rings is 1. The van der Waals surface area contributed by atoms with Gasteiger partial charge in [0, 0.05) is 25.2 Å². The van der Waals surface area contributed by atoms with E-state index in [9.17, 15) is 9.59 Å². The molecule has 2 bridgehead atoms. The fourth-order valence-corrected chi connectivity index (χ4v) is 4.07. The van der Waals surface area contributed by atoms with E-state index in [1.165, 1.54) is 24.0 Å². The van der Waals surface area contributed by atoms with Crippen LogP contribution in [-0.4, -0.2) is 37.0 Å². The van der Waals surface area contributed by atoms with Gasteiger partial charge < -0.3 is 20.0 Å². The molecule has 2 aliphatic rings. The Morgan fingerprint density at radius 1 is 1.12 bits per heavy atom. The van der Waals surface area contributed by atoms with Gasteiger partial charge in [0.2, 0.25) is 0 Å². The number of amides is 2. The molecule has 0 saturated carbocycles. The normalized spacial score (nSPS) is 24.3. The van der Waals surface area contributed by atoms with Crippen molar-refractivity contribution in [3.63, 3.8) is 0 Å². The molecular weight excluding hydrogens is 330 g/mol. The van der Waals surface area contributed by atoms with Crippen LogP contribution in [0.3, 0.4) is 0 Å². The summed E-state index contributed by atoms with van der Waals surface area (Å²) in [5.41, 5.74) is 1.07. The smallest absolute Gasteiger partial charge is 0.293 e. The highest BCUT2D eigenvalue weighted by atomic mass is 16.3. The van der Waals surface area contributed by atoms with E-state index < -0.39 is 0 Å². The Kier molecular flexibility index (Phi) is 4.51. The second-order valence-corrected chi connectivity index (χ2v) is 7.14. The van der Waals surface area contributed by atoms with E-state index in [-0.39, 0.29) is 23.6 Å². The first-order chi connectivity index (χ1) is 12.6. The third kappa shape index (κ3) is 3.24. The highest BCUT2D eigenvalue weighted by Crippen LogP contribution is 2.28. The fourth-order valence-electron chi connectivity index (χ4n) is 4.07. The standard InChI is InChI=1S/C20H23N3O3/c1-23(20(25)18-7-4-10-26-18)17-6-3-2-5-16(17)19(24)22-15-11-13-8-9-14(12-15)21-13/h2-7,10,13-15,21H,8-9,11-12H2,1H3,(H,22,24). The lowest BCUT2D eigenvalue weighted by Crippen LogP contribution is -2.48. The van der Waals surface area contributed by atoms with Gasteiger partial charge in [-0.3, -0.25) is 9.59 Å². The molecule has 2 aromatic rings. The van der Waals surface area contributed by atoms with Crippen molar-refractivity contribution in [1.82, 2.24) is 10.6 Å². The van der Waals surface area contributed by atoms with Gasteiger partial charge in [-0.1, -0.05) is 12.1 Å². The van der Waals surface area contributed by atoms with Crippen molar-refractivity contribution in [2.45, 2.75) is 43.8 Å². The minimum Gasteiger partial charge on any atom is -0.459 e. The molecule has 3 heterocycles. The topological polar surface area (TPSA) is 74.6 Å². The zero-order valence-electron chi connectivity index (χ0n) is 14.8. The minimum atomic E-state index is -0.282. The van der Waals surface area contributed by atoms with Crippen LogP contribution in [0, 0.1) is 0 Å². The van der Waals surface area contributed by atoms with Crippen LogP contribution in [0.5, 0.6) is 0 Å². The third-order valence-electron chi connectivity index (χ3n) is 5.35. The van der Waals surface area contributed by atoms with Crippen LogP contribution in [0.15, 0.2) is 47.1 Å². The Morgan fingerprint density at radius 2 is 1.85 bits per heavy atom. The van der Waals surface area contributed by atoms with Crippen molar-refractivity contribution in [1.29, 1.82) is 0 Å². The monoisotopic (exact) mass is 353 g/mol. The number of nitrogens with zero attached hydrogens (tertiary/aromatic N) is 1. The van der Waals surface area contributed by atoms with Crippen LogP contribution >= 0.6 is 0 Å². The van der Waals surface area contributed by atoms with Crippen molar-refractivity contribution in [3.8, 4) is 0 Å². The molecule has 2 fully saturated rings. The number of benzene rings is 1. The number of furan rings is 1. The number of carbonyl (C=O) groups excluding carboxylic acids is 2. The number of para-hydroxylation sites is 1. The van der Waals surface area contributed by atoms with Crippen molar-refractivity contribution in [2.24, 2.45) is 0 Å². The SMILES string of the molecule is CN(C(=O)c1ccco1)c1ccccc1C(=O)NC1CC2CCC(C1)N2. The van der Waals surface area contributed by atoms with Crippen molar-refractivity contribution < 1.29 is 14.0 Å². The van der Waals surface area contributed by atoms with Crippen LogP contribution in [0.4, 0.5) is 5.69 Å². The summed E-state index contributed by atoms with van der Waals surface area (Å²) in [6, 6.07) is 11.7.